The van der Waals surface area contributed by atoms with E-state index in [0.717, 1.165) is 13.1 Å². The van der Waals surface area contributed by atoms with E-state index in [4.69, 9.17) is 4.74 Å². The van der Waals surface area contributed by atoms with Crippen LogP contribution in [0.4, 0.5) is 0 Å². The Hall–Kier alpha value is -0.570. The van der Waals surface area contributed by atoms with E-state index in [2.05, 4.69) is 19.2 Å². The molecule has 0 aromatic carbocycles. The van der Waals surface area contributed by atoms with Crippen molar-refractivity contribution in [2.45, 2.75) is 65.9 Å². The van der Waals surface area contributed by atoms with Gasteiger partial charge in [-0.1, -0.05) is 20.3 Å². The number of ether oxygens (including phenoxy) is 1. The fourth-order valence-electron chi connectivity index (χ4n) is 2.81. The minimum Gasteiger partial charge on any atom is -0.460 e. The second-order valence-electron chi connectivity index (χ2n) is 7.29. The Balaban J connectivity index is 2.33. The standard InChI is InChI=1S/C16H31NO2/c1-12(2)10-17-11-14-8-6-7-13(14)9-15(18)19-16(3,4)5/h12-14,17H,6-11H2,1-5H3/t13-,14+/m1/s1. The van der Waals surface area contributed by atoms with Gasteiger partial charge >= 0.3 is 5.97 Å². The van der Waals surface area contributed by atoms with Crippen LogP contribution in [-0.2, 0) is 9.53 Å². The molecule has 1 saturated carbocycles. The Morgan fingerprint density at radius 2 is 1.89 bits per heavy atom. The molecule has 0 aliphatic heterocycles. The van der Waals surface area contributed by atoms with E-state index < -0.39 is 0 Å². The topological polar surface area (TPSA) is 38.3 Å². The molecule has 0 amide bonds. The van der Waals surface area contributed by atoms with Crippen molar-refractivity contribution >= 4 is 5.97 Å². The predicted octanol–water partition coefficient (Wildman–Crippen LogP) is 3.38. The number of carbonyl (C=O) groups is 1. The van der Waals surface area contributed by atoms with Crippen molar-refractivity contribution < 1.29 is 9.53 Å². The first-order valence-corrected chi connectivity index (χ1v) is 7.70. The third kappa shape index (κ3) is 6.95. The molecule has 2 atom stereocenters. The summed E-state index contributed by atoms with van der Waals surface area (Å²) < 4.78 is 5.43. The fourth-order valence-corrected chi connectivity index (χ4v) is 2.81. The van der Waals surface area contributed by atoms with E-state index in [1.165, 1.54) is 19.3 Å². The van der Waals surface area contributed by atoms with Gasteiger partial charge in [-0.05, 0) is 64.5 Å². The molecule has 0 spiro atoms. The van der Waals surface area contributed by atoms with E-state index >= 15 is 0 Å². The van der Waals surface area contributed by atoms with Crippen LogP contribution in [0.3, 0.4) is 0 Å². The second-order valence-corrected chi connectivity index (χ2v) is 7.29. The Morgan fingerprint density at radius 1 is 1.26 bits per heavy atom. The maximum Gasteiger partial charge on any atom is 0.306 e. The second kappa shape index (κ2) is 7.28. The SMILES string of the molecule is CC(C)CNC[C@@H]1CCC[C@@H]1CC(=O)OC(C)(C)C. The number of esters is 1. The number of hydrogen-bond acceptors (Lipinski definition) is 3. The van der Waals surface area contributed by atoms with E-state index in [-0.39, 0.29) is 11.6 Å². The van der Waals surface area contributed by atoms with E-state index in [9.17, 15) is 4.79 Å². The van der Waals surface area contributed by atoms with Crippen LogP contribution in [0.15, 0.2) is 0 Å². The van der Waals surface area contributed by atoms with Gasteiger partial charge in [-0.15, -0.1) is 0 Å². The normalized spacial score (nSPS) is 23.9. The molecule has 1 aliphatic carbocycles. The first-order valence-electron chi connectivity index (χ1n) is 7.70. The van der Waals surface area contributed by atoms with Crippen LogP contribution >= 0.6 is 0 Å². The molecule has 3 heteroatoms. The molecule has 19 heavy (non-hydrogen) atoms. The molecule has 1 rings (SSSR count). The lowest BCUT2D eigenvalue weighted by Gasteiger charge is -2.23. The molecule has 112 valence electrons. The first-order chi connectivity index (χ1) is 8.78. The maximum atomic E-state index is 11.9. The molecule has 0 heterocycles. The third-order valence-electron chi connectivity index (χ3n) is 3.62. The highest BCUT2D eigenvalue weighted by Crippen LogP contribution is 2.34. The van der Waals surface area contributed by atoms with Crippen molar-refractivity contribution in [2.75, 3.05) is 13.1 Å². The van der Waals surface area contributed by atoms with Gasteiger partial charge in [0.05, 0.1) is 0 Å². The fraction of sp³-hybridized carbons (Fsp3) is 0.938. The van der Waals surface area contributed by atoms with Crippen LogP contribution in [0, 0.1) is 17.8 Å². The zero-order valence-electron chi connectivity index (χ0n) is 13.3. The van der Waals surface area contributed by atoms with Crippen LogP contribution < -0.4 is 5.32 Å². The molecule has 0 radical (unpaired) electrons. The minimum atomic E-state index is -0.360. The Bertz CT molecular complexity index is 281. The largest absolute Gasteiger partial charge is 0.460 e. The molecular formula is C16H31NO2. The Kier molecular flexibility index (Phi) is 6.31. The van der Waals surface area contributed by atoms with Crippen molar-refractivity contribution in [3.8, 4) is 0 Å². The van der Waals surface area contributed by atoms with Crippen LogP contribution in [0.1, 0.15) is 60.3 Å². The van der Waals surface area contributed by atoms with E-state index in [0.29, 0.717) is 24.2 Å². The molecule has 0 aromatic heterocycles. The van der Waals surface area contributed by atoms with Crippen molar-refractivity contribution in [3.63, 3.8) is 0 Å². The van der Waals surface area contributed by atoms with Gasteiger partial charge in [0.2, 0.25) is 0 Å². The lowest BCUT2D eigenvalue weighted by molar-refractivity contribution is -0.156. The number of carbonyl (C=O) groups excluding carboxylic acids is 1. The molecule has 0 bridgehead atoms. The van der Waals surface area contributed by atoms with Crippen molar-refractivity contribution in [2.24, 2.45) is 17.8 Å². The summed E-state index contributed by atoms with van der Waals surface area (Å²) in [5, 5.41) is 3.53. The summed E-state index contributed by atoms with van der Waals surface area (Å²) in [7, 11) is 0. The lowest BCUT2D eigenvalue weighted by atomic mass is 9.92. The van der Waals surface area contributed by atoms with Crippen LogP contribution in [-0.4, -0.2) is 24.7 Å². The van der Waals surface area contributed by atoms with Crippen LogP contribution in [0.2, 0.25) is 0 Å². The van der Waals surface area contributed by atoms with Gasteiger partial charge in [0.1, 0.15) is 5.60 Å². The zero-order chi connectivity index (χ0) is 14.5. The van der Waals surface area contributed by atoms with E-state index in [1.54, 1.807) is 0 Å². The highest BCUT2D eigenvalue weighted by Gasteiger charge is 2.30. The quantitative estimate of drug-likeness (QED) is 0.751. The summed E-state index contributed by atoms with van der Waals surface area (Å²) in [4.78, 5) is 11.9. The summed E-state index contributed by atoms with van der Waals surface area (Å²) in [6.45, 7) is 12.4. The minimum absolute atomic E-state index is 0.0340. The van der Waals surface area contributed by atoms with Gasteiger partial charge in [0.15, 0.2) is 0 Å². The van der Waals surface area contributed by atoms with Gasteiger partial charge in [-0.2, -0.15) is 0 Å². The summed E-state index contributed by atoms with van der Waals surface area (Å²) in [5.74, 6) is 1.81. The number of hydrogen-bond donors (Lipinski definition) is 1. The molecular weight excluding hydrogens is 238 g/mol. The highest BCUT2D eigenvalue weighted by atomic mass is 16.6. The maximum absolute atomic E-state index is 11.9. The van der Waals surface area contributed by atoms with Crippen LogP contribution in [0.25, 0.3) is 0 Å². The van der Waals surface area contributed by atoms with E-state index in [1.807, 2.05) is 20.8 Å². The Morgan fingerprint density at radius 3 is 2.47 bits per heavy atom. The molecule has 1 fully saturated rings. The summed E-state index contributed by atoms with van der Waals surface area (Å²) in [6, 6.07) is 0. The van der Waals surface area contributed by atoms with Crippen molar-refractivity contribution in [3.05, 3.63) is 0 Å². The summed E-state index contributed by atoms with van der Waals surface area (Å²) in [5.41, 5.74) is -0.360. The summed E-state index contributed by atoms with van der Waals surface area (Å²) >= 11 is 0. The molecule has 0 aromatic rings. The monoisotopic (exact) mass is 269 g/mol. The molecule has 0 unspecified atom stereocenters. The molecule has 1 aliphatic rings. The molecule has 1 N–H and O–H groups in total. The van der Waals surface area contributed by atoms with Gasteiger partial charge in [-0.3, -0.25) is 4.79 Å². The van der Waals surface area contributed by atoms with Gasteiger partial charge in [0.25, 0.3) is 0 Å². The summed E-state index contributed by atoms with van der Waals surface area (Å²) in [6.07, 6.45) is 4.26. The van der Waals surface area contributed by atoms with Crippen LogP contribution in [0.5, 0.6) is 0 Å². The first kappa shape index (κ1) is 16.5. The Labute approximate surface area is 118 Å². The smallest absolute Gasteiger partial charge is 0.306 e. The average Bonchev–Trinajstić information content (AvgIpc) is 2.62. The molecule has 3 nitrogen and oxygen atoms in total. The predicted molar refractivity (Wildman–Crippen MR) is 79.0 cm³/mol. The van der Waals surface area contributed by atoms with Crippen molar-refractivity contribution in [1.82, 2.24) is 5.32 Å². The average molecular weight is 269 g/mol. The number of nitrogens with one attached hydrogen (secondary N) is 1. The van der Waals surface area contributed by atoms with Crippen molar-refractivity contribution in [1.29, 1.82) is 0 Å². The highest BCUT2D eigenvalue weighted by molar-refractivity contribution is 5.70. The van der Waals surface area contributed by atoms with Gasteiger partial charge in [0, 0.05) is 6.42 Å². The van der Waals surface area contributed by atoms with Gasteiger partial charge in [-0.25, -0.2) is 0 Å². The molecule has 0 saturated heterocycles. The number of rotatable bonds is 6. The van der Waals surface area contributed by atoms with Gasteiger partial charge < -0.3 is 10.1 Å². The zero-order valence-corrected chi connectivity index (χ0v) is 13.3. The lowest BCUT2D eigenvalue weighted by Crippen LogP contribution is -2.30. The third-order valence-corrected chi connectivity index (χ3v) is 3.62.